The van der Waals surface area contributed by atoms with Gasteiger partial charge in [0, 0.05) is 43.0 Å². The molecular weight excluding hydrogens is 1170 g/mol. The lowest BCUT2D eigenvalue weighted by Crippen LogP contribution is -2.63. The smallest absolute Gasteiger partial charge is 0.255 e. The molecule has 28 nitrogen and oxygen atoms in total. The predicted octanol–water partition coefficient (Wildman–Crippen LogP) is 2.79. The van der Waals surface area contributed by atoms with E-state index >= 15 is 0 Å². The van der Waals surface area contributed by atoms with Gasteiger partial charge in [0.1, 0.15) is 71.9 Å². The quantitative estimate of drug-likeness (QED) is 0.0192. The minimum Gasteiger partial charge on any atom is -0.497 e. The van der Waals surface area contributed by atoms with Gasteiger partial charge in [-0.2, -0.15) is 0 Å². The number of hydrogen-bond acceptors (Lipinski definition) is 19. The summed E-state index contributed by atoms with van der Waals surface area (Å²) < 4.78 is 22.6. The van der Waals surface area contributed by atoms with Crippen molar-refractivity contribution >= 4 is 35.4 Å². The van der Waals surface area contributed by atoms with E-state index in [1.54, 1.807) is 72.6 Å². The number of amides is 6. The Balaban J connectivity index is 0.000000277. The van der Waals surface area contributed by atoms with Gasteiger partial charge < -0.3 is 80.7 Å². The van der Waals surface area contributed by atoms with E-state index in [1.807, 2.05) is 6.92 Å². The Morgan fingerprint density at radius 3 is 1.58 bits per heavy atom. The number of rotatable bonds is 25. The van der Waals surface area contributed by atoms with E-state index in [0.717, 1.165) is 83.5 Å². The third kappa shape index (κ3) is 20.5. The van der Waals surface area contributed by atoms with Crippen LogP contribution in [0.5, 0.6) is 11.5 Å². The highest BCUT2D eigenvalue weighted by atomic mass is 16.5. The molecule has 0 bridgehead atoms. The number of azide groups is 1. The molecule has 2 aromatic carbocycles. The minimum absolute atomic E-state index is 0.0506. The molecule has 2 saturated carbocycles. The summed E-state index contributed by atoms with van der Waals surface area (Å²) in [5.74, 6) is 2.16. The molecule has 90 heavy (non-hydrogen) atoms. The van der Waals surface area contributed by atoms with Crippen LogP contribution in [-0.2, 0) is 35.2 Å². The van der Waals surface area contributed by atoms with Gasteiger partial charge in [-0.1, -0.05) is 81.5 Å². The highest BCUT2D eigenvalue weighted by molar-refractivity contribution is 5.99. The topological polar surface area (TPSA) is 395 Å². The van der Waals surface area contributed by atoms with Crippen LogP contribution in [0.15, 0.2) is 59.8 Å². The van der Waals surface area contributed by atoms with Crippen molar-refractivity contribution < 1.29 is 78.4 Å². The molecule has 12 atom stereocenters. The van der Waals surface area contributed by atoms with Crippen LogP contribution >= 0.6 is 0 Å². The van der Waals surface area contributed by atoms with E-state index in [0.29, 0.717) is 41.4 Å². The number of aliphatic hydroxyl groups excluding tert-OH is 6. The summed E-state index contributed by atoms with van der Waals surface area (Å²) in [5.41, 5.74) is 9.57. The number of nitrogens with one attached hydrogen (secondary N) is 4. The lowest BCUT2D eigenvalue weighted by Gasteiger charge is -2.42. The van der Waals surface area contributed by atoms with Crippen LogP contribution in [0, 0.1) is 24.2 Å². The molecule has 3 heterocycles. The molecule has 0 radical (unpaired) electrons. The first-order chi connectivity index (χ1) is 43.3. The Kier molecular flexibility index (Phi) is 30.7. The molecule has 2 saturated heterocycles. The van der Waals surface area contributed by atoms with Crippen molar-refractivity contribution in [2.24, 2.45) is 17.0 Å². The molecule has 7 rings (SSSR count). The van der Waals surface area contributed by atoms with Crippen molar-refractivity contribution in [1.82, 2.24) is 46.1 Å². The Labute approximate surface area is 525 Å². The summed E-state index contributed by atoms with van der Waals surface area (Å²) in [6, 6.07) is 10.2. The highest BCUT2D eigenvalue weighted by Crippen LogP contribution is 2.34. The maximum atomic E-state index is 14.2. The zero-order valence-corrected chi connectivity index (χ0v) is 52.3. The molecule has 4 aliphatic rings. The molecule has 28 heteroatoms. The van der Waals surface area contributed by atoms with Crippen LogP contribution in [-0.4, -0.2) is 205 Å². The molecule has 496 valence electrons. The van der Waals surface area contributed by atoms with Gasteiger partial charge in [-0.25, -0.2) is 4.68 Å². The number of nitrogens with zero attached hydrogens (tertiary/aromatic N) is 8. The monoisotopic (exact) mass is 1260 g/mol. The van der Waals surface area contributed by atoms with Gasteiger partial charge in [-0.05, 0) is 104 Å². The van der Waals surface area contributed by atoms with Crippen LogP contribution < -0.4 is 30.7 Å². The number of ether oxygens (including phenoxy) is 4. The maximum absolute atomic E-state index is 14.2. The summed E-state index contributed by atoms with van der Waals surface area (Å²) in [7, 11) is 3.13. The van der Waals surface area contributed by atoms with Crippen LogP contribution in [0.25, 0.3) is 10.4 Å². The molecule has 2 aliphatic heterocycles. The van der Waals surface area contributed by atoms with Crippen molar-refractivity contribution in [2.45, 2.75) is 197 Å². The number of aromatic nitrogens is 3. The molecule has 12 unspecified atom stereocenters. The molecule has 6 amide bonds. The van der Waals surface area contributed by atoms with Crippen molar-refractivity contribution in [3.8, 4) is 23.8 Å². The first kappa shape index (κ1) is 73.3. The Hall–Kier alpha value is -7.45. The predicted molar refractivity (Wildman–Crippen MR) is 327 cm³/mol. The average Bonchev–Trinajstić information content (AvgIpc) is 1.57. The largest absolute Gasteiger partial charge is 0.497 e. The van der Waals surface area contributed by atoms with Crippen LogP contribution in [0.2, 0.25) is 0 Å². The molecule has 2 aliphatic carbocycles. The van der Waals surface area contributed by atoms with Crippen LogP contribution in [0.1, 0.15) is 150 Å². The molecule has 4 fully saturated rings. The standard InChI is InChI=1S/C31H46N6O8.C23H32N2O3.C8H14N4O5/c1-4-5-15-32-29(42)26(20-9-7-6-8-10-20)36(30(43)21-11-13-23(44-3)14-12-21)16-22-17-37(35-34-22)31-25(33-19(2)39)28(41)27(40)24(18-38)45-31;1-4-6-16-24-22(26)21(18-10-8-7-9-11-18)25(17-5-2)23(27)19-12-14-20(28-3)15-13-19;1-3(14)10-5-7(16)6(15)4(2-13)17-8(5)11-12-9/h11-14,17,20,24-28,31,38,40-41H,4-10,15-16,18H2,1-3H3,(H,32,42)(H,33,39);2,12-15,18,21H,4,6-11,16-17H2,1,3H3,(H,24,26);4-8,13,15-16H,2H2,1H3,(H,10,14). The van der Waals surface area contributed by atoms with Crippen molar-refractivity contribution in [1.29, 1.82) is 0 Å². The van der Waals surface area contributed by atoms with Crippen LogP contribution in [0.3, 0.4) is 0 Å². The second-order valence-electron chi connectivity index (χ2n) is 22.8. The first-order valence-corrected chi connectivity index (χ1v) is 30.9. The van der Waals surface area contributed by atoms with E-state index in [9.17, 15) is 54.3 Å². The summed E-state index contributed by atoms with van der Waals surface area (Å²) in [5, 5.41) is 81.8. The molecule has 1 aromatic heterocycles. The Morgan fingerprint density at radius 1 is 0.700 bits per heavy atom. The number of unbranched alkanes of at least 4 members (excludes halogenated alkanes) is 2. The average molecular weight is 1260 g/mol. The lowest BCUT2D eigenvalue weighted by atomic mass is 9.82. The number of methoxy groups -OCH3 is 2. The maximum Gasteiger partial charge on any atom is 0.255 e. The fraction of sp³-hybridized carbons (Fsp3) is 0.645. The molecule has 10 N–H and O–H groups in total. The number of terminal acetylenes is 1. The van der Waals surface area contributed by atoms with Crippen molar-refractivity contribution in [3.05, 3.63) is 82.0 Å². The summed E-state index contributed by atoms with van der Waals surface area (Å²) in [4.78, 5) is 82.9. The number of carbonyl (C=O) groups is 6. The van der Waals surface area contributed by atoms with Gasteiger partial charge in [0.15, 0.2) is 12.5 Å². The second kappa shape index (κ2) is 37.6. The third-order valence-corrected chi connectivity index (χ3v) is 16.4. The molecule has 0 spiro atoms. The van der Waals surface area contributed by atoms with E-state index in [2.05, 4.69) is 54.4 Å². The number of carbonyl (C=O) groups excluding carboxylic acids is 6. The fourth-order valence-electron chi connectivity index (χ4n) is 11.6. The van der Waals surface area contributed by atoms with Gasteiger partial charge in [0.05, 0.1) is 52.8 Å². The summed E-state index contributed by atoms with van der Waals surface area (Å²) in [6.07, 6.45) is 10.4. The SMILES string of the molecule is C#CCN(C(=O)c1ccc(OC)cc1)C(C(=O)NCCCC)C1CCCCC1.CC(=O)NC1C(N=[N+]=[N-])OC(CO)C(O)C1O.CCCCNC(=O)C(C1CCCCC1)N(Cc1cn(C2OC(CO)C(O)C(O)C2NC(C)=O)nn1)C(=O)c1ccc(OC)cc1. The number of aliphatic hydroxyl groups is 6. The van der Waals surface area contributed by atoms with Crippen molar-refractivity contribution in [2.75, 3.05) is 47.1 Å². The third-order valence-electron chi connectivity index (χ3n) is 16.4. The Bertz CT molecular complexity index is 2820. The minimum atomic E-state index is -1.46. The number of hydrogen-bond donors (Lipinski definition) is 10. The lowest BCUT2D eigenvalue weighted by molar-refractivity contribution is -0.219. The molecule has 3 aromatic rings. The zero-order chi connectivity index (χ0) is 65.9. The van der Waals surface area contributed by atoms with Gasteiger partial charge in [-0.3, -0.25) is 28.8 Å². The van der Waals surface area contributed by atoms with E-state index in [-0.39, 0.29) is 48.6 Å². The van der Waals surface area contributed by atoms with Crippen molar-refractivity contribution in [3.63, 3.8) is 0 Å². The number of benzene rings is 2. The summed E-state index contributed by atoms with van der Waals surface area (Å²) in [6.45, 7) is 6.68. The van der Waals surface area contributed by atoms with Crippen LogP contribution in [0.4, 0.5) is 0 Å². The van der Waals surface area contributed by atoms with Gasteiger partial charge in [-0.15, -0.1) is 11.5 Å². The first-order valence-electron chi connectivity index (χ1n) is 30.9. The second-order valence-corrected chi connectivity index (χ2v) is 22.8. The zero-order valence-electron chi connectivity index (χ0n) is 52.3. The van der Waals surface area contributed by atoms with Gasteiger partial charge in [0.25, 0.3) is 11.8 Å². The van der Waals surface area contributed by atoms with E-state index in [1.165, 1.54) is 31.1 Å². The molecular formula is C62H92N12O16. The fourth-order valence-corrected chi connectivity index (χ4v) is 11.6. The van der Waals surface area contributed by atoms with E-state index in [4.69, 9.17) is 36.0 Å². The van der Waals surface area contributed by atoms with Gasteiger partial charge >= 0.3 is 0 Å². The normalized spacial score (nSPS) is 24.0. The van der Waals surface area contributed by atoms with Gasteiger partial charge in [0.2, 0.25) is 23.6 Å². The Morgan fingerprint density at radius 2 is 1.14 bits per heavy atom. The highest BCUT2D eigenvalue weighted by Gasteiger charge is 2.47. The summed E-state index contributed by atoms with van der Waals surface area (Å²) >= 11 is 0. The van der Waals surface area contributed by atoms with E-state index < -0.39 is 98.3 Å².